The Hall–Kier alpha value is -3.22. The minimum absolute atomic E-state index is 0.00832. The highest BCUT2D eigenvalue weighted by atomic mass is 16.5. The SMILES string of the molecule is CN=C(NCc1ccc(C(=O)N(C)C)cc1)NCC(C)Oc1ccccc1OC. The molecule has 0 spiro atoms. The van der Waals surface area contributed by atoms with Gasteiger partial charge in [0.1, 0.15) is 6.10 Å². The maximum Gasteiger partial charge on any atom is 0.253 e. The lowest BCUT2D eigenvalue weighted by Gasteiger charge is -2.19. The average molecular weight is 399 g/mol. The summed E-state index contributed by atoms with van der Waals surface area (Å²) in [5.41, 5.74) is 1.73. The number of aliphatic imine (C=N–C) groups is 1. The van der Waals surface area contributed by atoms with Gasteiger partial charge in [-0.2, -0.15) is 0 Å². The number of ether oxygens (including phenoxy) is 2. The average Bonchev–Trinajstić information content (AvgIpc) is 2.74. The van der Waals surface area contributed by atoms with Gasteiger partial charge in [0, 0.05) is 33.3 Å². The van der Waals surface area contributed by atoms with Gasteiger partial charge in [-0.1, -0.05) is 24.3 Å². The molecule has 0 bridgehead atoms. The third kappa shape index (κ3) is 6.71. The highest BCUT2D eigenvalue weighted by molar-refractivity contribution is 5.93. The first-order chi connectivity index (χ1) is 13.9. The van der Waals surface area contributed by atoms with E-state index in [1.807, 2.05) is 55.5 Å². The van der Waals surface area contributed by atoms with Crippen molar-refractivity contribution in [3.05, 3.63) is 59.7 Å². The summed E-state index contributed by atoms with van der Waals surface area (Å²) in [5.74, 6) is 2.08. The van der Waals surface area contributed by atoms with Crippen LogP contribution in [0.1, 0.15) is 22.8 Å². The van der Waals surface area contributed by atoms with Crippen molar-refractivity contribution in [1.29, 1.82) is 0 Å². The van der Waals surface area contributed by atoms with Crippen LogP contribution in [0.3, 0.4) is 0 Å². The van der Waals surface area contributed by atoms with Crippen molar-refractivity contribution in [2.24, 2.45) is 4.99 Å². The molecule has 0 heterocycles. The second kappa shape index (κ2) is 10.9. The molecule has 7 heteroatoms. The molecule has 0 aromatic heterocycles. The molecular formula is C22H30N4O3. The van der Waals surface area contributed by atoms with Gasteiger partial charge in [-0.25, -0.2) is 0 Å². The molecule has 1 amide bonds. The zero-order chi connectivity index (χ0) is 21.2. The molecule has 0 aliphatic heterocycles. The second-order valence-electron chi connectivity index (χ2n) is 6.78. The number of para-hydroxylation sites is 2. The summed E-state index contributed by atoms with van der Waals surface area (Å²) in [6.07, 6.45) is -0.0822. The van der Waals surface area contributed by atoms with Gasteiger partial charge in [0.05, 0.1) is 13.7 Å². The number of hydrogen-bond acceptors (Lipinski definition) is 4. The minimum Gasteiger partial charge on any atom is -0.493 e. The Morgan fingerprint density at radius 2 is 1.72 bits per heavy atom. The topological polar surface area (TPSA) is 75.2 Å². The van der Waals surface area contributed by atoms with Crippen LogP contribution in [0.25, 0.3) is 0 Å². The Balaban J connectivity index is 1.82. The summed E-state index contributed by atoms with van der Waals surface area (Å²) in [7, 11) is 6.83. The van der Waals surface area contributed by atoms with Crippen molar-refractivity contribution in [3.63, 3.8) is 0 Å². The first-order valence-electron chi connectivity index (χ1n) is 9.49. The monoisotopic (exact) mass is 398 g/mol. The van der Waals surface area contributed by atoms with E-state index in [0.717, 1.165) is 5.56 Å². The van der Waals surface area contributed by atoms with Gasteiger partial charge >= 0.3 is 0 Å². The first-order valence-corrected chi connectivity index (χ1v) is 9.49. The number of guanidine groups is 1. The lowest BCUT2D eigenvalue weighted by molar-refractivity contribution is 0.0827. The van der Waals surface area contributed by atoms with E-state index >= 15 is 0 Å². The van der Waals surface area contributed by atoms with E-state index in [-0.39, 0.29) is 12.0 Å². The third-order valence-electron chi connectivity index (χ3n) is 4.24. The van der Waals surface area contributed by atoms with Gasteiger partial charge in [0.15, 0.2) is 17.5 Å². The number of carbonyl (C=O) groups is 1. The summed E-state index contributed by atoms with van der Waals surface area (Å²) in [5, 5.41) is 6.52. The summed E-state index contributed by atoms with van der Waals surface area (Å²) in [6, 6.07) is 15.1. The van der Waals surface area contributed by atoms with Gasteiger partial charge < -0.3 is 25.0 Å². The van der Waals surface area contributed by atoms with Gasteiger partial charge in [0.25, 0.3) is 5.91 Å². The van der Waals surface area contributed by atoms with Crippen molar-refractivity contribution in [3.8, 4) is 11.5 Å². The van der Waals surface area contributed by atoms with E-state index in [4.69, 9.17) is 9.47 Å². The Bertz CT molecular complexity index is 819. The van der Waals surface area contributed by atoms with Crippen LogP contribution in [0, 0.1) is 0 Å². The summed E-state index contributed by atoms with van der Waals surface area (Å²) in [6.45, 7) is 3.15. The number of methoxy groups -OCH3 is 1. The maximum atomic E-state index is 11.9. The number of nitrogens with zero attached hydrogens (tertiary/aromatic N) is 2. The van der Waals surface area contributed by atoms with E-state index in [1.165, 1.54) is 0 Å². The number of nitrogens with one attached hydrogen (secondary N) is 2. The van der Waals surface area contributed by atoms with Crippen LogP contribution in [0.15, 0.2) is 53.5 Å². The lowest BCUT2D eigenvalue weighted by Crippen LogP contribution is -2.41. The van der Waals surface area contributed by atoms with Gasteiger partial charge in [-0.3, -0.25) is 9.79 Å². The van der Waals surface area contributed by atoms with Crippen molar-refractivity contribution in [1.82, 2.24) is 15.5 Å². The molecule has 156 valence electrons. The minimum atomic E-state index is -0.0822. The Kier molecular flexibility index (Phi) is 8.33. The summed E-state index contributed by atoms with van der Waals surface area (Å²) in [4.78, 5) is 17.8. The van der Waals surface area contributed by atoms with Gasteiger partial charge in [0.2, 0.25) is 0 Å². The summed E-state index contributed by atoms with van der Waals surface area (Å²) < 4.78 is 11.3. The molecule has 1 unspecified atom stereocenters. The second-order valence-corrected chi connectivity index (χ2v) is 6.78. The zero-order valence-electron chi connectivity index (χ0n) is 17.7. The maximum absolute atomic E-state index is 11.9. The molecule has 2 aromatic carbocycles. The van der Waals surface area contributed by atoms with E-state index in [1.54, 1.807) is 33.2 Å². The molecule has 0 saturated carbocycles. The number of benzene rings is 2. The molecule has 2 rings (SSSR count). The lowest BCUT2D eigenvalue weighted by atomic mass is 10.1. The van der Waals surface area contributed by atoms with Crippen molar-refractivity contribution >= 4 is 11.9 Å². The molecule has 2 N–H and O–H groups in total. The van der Waals surface area contributed by atoms with Crippen LogP contribution >= 0.6 is 0 Å². The van der Waals surface area contributed by atoms with E-state index < -0.39 is 0 Å². The van der Waals surface area contributed by atoms with Crippen LogP contribution < -0.4 is 20.1 Å². The fourth-order valence-corrected chi connectivity index (χ4v) is 2.64. The fraction of sp³-hybridized carbons (Fsp3) is 0.364. The zero-order valence-corrected chi connectivity index (χ0v) is 17.7. The fourth-order valence-electron chi connectivity index (χ4n) is 2.64. The molecule has 0 aliphatic carbocycles. The molecule has 0 saturated heterocycles. The molecule has 0 aliphatic rings. The molecule has 7 nitrogen and oxygen atoms in total. The van der Waals surface area contributed by atoms with E-state index in [0.29, 0.717) is 36.1 Å². The predicted molar refractivity (Wildman–Crippen MR) is 116 cm³/mol. The van der Waals surface area contributed by atoms with Crippen LogP contribution in [0.2, 0.25) is 0 Å². The van der Waals surface area contributed by atoms with Crippen LogP contribution in [-0.2, 0) is 6.54 Å². The Labute approximate surface area is 172 Å². The normalized spacial score (nSPS) is 12.1. The molecule has 2 aromatic rings. The molecule has 0 radical (unpaired) electrons. The van der Waals surface area contributed by atoms with Crippen LogP contribution in [-0.4, -0.2) is 57.7 Å². The highest BCUT2D eigenvalue weighted by Crippen LogP contribution is 2.26. The Morgan fingerprint density at radius 1 is 1.07 bits per heavy atom. The number of rotatable bonds is 8. The first kappa shape index (κ1) is 22.1. The van der Waals surface area contributed by atoms with Crippen molar-refractivity contribution in [2.75, 3.05) is 34.8 Å². The van der Waals surface area contributed by atoms with E-state index in [2.05, 4.69) is 15.6 Å². The highest BCUT2D eigenvalue weighted by Gasteiger charge is 2.10. The standard InChI is InChI=1S/C22H30N4O3/c1-16(29-20-9-7-6-8-19(20)28-5)14-24-22(23-2)25-15-17-10-12-18(13-11-17)21(27)26(3)4/h6-13,16H,14-15H2,1-5H3,(H2,23,24,25). The largest absolute Gasteiger partial charge is 0.493 e. The number of amides is 1. The Morgan fingerprint density at radius 3 is 2.31 bits per heavy atom. The quantitative estimate of drug-likeness (QED) is 0.528. The predicted octanol–water partition coefficient (Wildman–Crippen LogP) is 2.53. The van der Waals surface area contributed by atoms with Gasteiger partial charge in [-0.05, 0) is 36.8 Å². The van der Waals surface area contributed by atoms with Crippen LogP contribution in [0.5, 0.6) is 11.5 Å². The molecule has 0 fully saturated rings. The van der Waals surface area contributed by atoms with Gasteiger partial charge in [-0.15, -0.1) is 0 Å². The molecule has 29 heavy (non-hydrogen) atoms. The smallest absolute Gasteiger partial charge is 0.253 e. The number of carbonyl (C=O) groups excluding carboxylic acids is 1. The molecular weight excluding hydrogens is 368 g/mol. The number of hydrogen-bond donors (Lipinski definition) is 2. The third-order valence-corrected chi connectivity index (χ3v) is 4.24. The van der Waals surface area contributed by atoms with Crippen molar-refractivity contribution in [2.45, 2.75) is 19.6 Å². The molecule has 1 atom stereocenters. The van der Waals surface area contributed by atoms with E-state index in [9.17, 15) is 4.79 Å². The summed E-state index contributed by atoms with van der Waals surface area (Å²) >= 11 is 0. The van der Waals surface area contributed by atoms with Crippen molar-refractivity contribution < 1.29 is 14.3 Å². The van der Waals surface area contributed by atoms with Crippen LogP contribution in [0.4, 0.5) is 0 Å².